The third kappa shape index (κ3) is 1.56. The molecule has 0 bridgehead atoms. The van der Waals surface area contributed by atoms with Crippen molar-refractivity contribution in [1.29, 1.82) is 0 Å². The Kier molecular flexibility index (Phi) is 2.55. The normalized spacial score (nSPS) is 20.5. The van der Waals surface area contributed by atoms with E-state index >= 15 is 0 Å². The Morgan fingerprint density at radius 2 is 2.45 bits per heavy atom. The molecule has 0 aliphatic carbocycles. The van der Waals surface area contributed by atoms with E-state index in [2.05, 4.69) is 10.7 Å². The average molecular weight is 182 g/mol. The molecule has 1 aliphatic rings. The average Bonchev–Trinajstić information content (AvgIpc) is 2.19. The fourth-order valence-corrected chi connectivity index (χ4v) is 1.41. The number of likely N-dealkylation sites (N-methyl/N-ethyl adjacent to an activating group) is 1. The molecule has 56 valence electrons. The van der Waals surface area contributed by atoms with E-state index in [1.165, 1.54) is 4.90 Å². The van der Waals surface area contributed by atoms with Gasteiger partial charge in [0.05, 0.1) is 0 Å². The van der Waals surface area contributed by atoms with Crippen molar-refractivity contribution < 1.29 is 4.79 Å². The van der Waals surface area contributed by atoms with Crippen LogP contribution in [0.25, 0.3) is 0 Å². The summed E-state index contributed by atoms with van der Waals surface area (Å²) in [5, 5.41) is 6.96. The molecule has 0 aromatic heterocycles. The summed E-state index contributed by atoms with van der Waals surface area (Å²) in [4.78, 5) is 14.4. The van der Waals surface area contributed by atoms with Crippen molar-refractivity contribution in [2.75, 3.05) is 7.05 Å². The van der Waals surface area contributed by atoms with Gasteiger partial charge in [-0.1, -0.05) is 0 Å². The molecule has 0 aromatic rings. The third-order valence-corrected chi connectivity index (χ3v) is 2.31. The van der Waals surface area contributed by atoms with E-state index in [-0.39, 0.29) is 20.7 Å². The van der Waals surface area contributed by atoms with Gasteiger partial charge in [0.1, 0.15) is 0 Å². The van der Waals surface area contributed by atoms with E-state index in [1.54, 1.807) is 12.0 Å². The van der Waals surface area contributed by atoms with Crippen LogP contribution in [0.15, 0.2) is 10.6 Å². The Morgan fingerprint density at radius 1 is 1.82 bits per heavy atom. The van der Waals surface area contributed by atoms with Crippen molar-refractivity contribution >= 4 is 43.4 Å². The first kappa shape index (κ1) is 8.60. The van der Waals surface area contributed by atoms with Gasteiger partial charge in [-0.3, -0.25) is 0 Å². The number of amides is 1. The number of nitrogens with one attached hydrogen (secondary N) is 1. The number of carbonyl (C=O) groups is 1. The van der Waals surface area contributed by atoms with Crippen LogP contribution in [0, 0.1) is 0 Å². The van der Waals surface area contributed by atoms with Crippen molar-refractivity contribution in [2.24, 2.45) is 0 Å². The molecule has 1 heterocycles. The molecule has 1 aliphatic heterocycles. The van der Waals surface area contributed by atoms with E-state index < -0.39 is 0 Å². The zero-order valence-electron chi connectivity index (χ0n) is 6.13. The van der Waals surface area contributed by atoms with Gasteiger partial charge in [0.2, 0.25) is 0 Å². The zero-order valence-corrected chi connectivity index (χ0v) is 8.10. The van der Waals surface area contributed by atoms with Crippen molar-refractivity contribution in [3.63, 3.8) is 0 Å². The molecule has 3 nitrogen and oxygen atoms in total. The van der Waals surface area contributed by atoms with E-state index in [9.17, 15) is 4.79 Å². The second-order valence-corrected chi connectivity index (χ2v) is 3.30. The predicted octanol–water partition coefficient (Wildman–Crippen LogP) is -0.690. The van der Waals surface area contributed by atoms with Crippen LogP contribution >= 0.6 is 12.2 Å². The summed E-state index contributed by atoms with van der Waals surface area (Å²) in [7, 11) is 1.65. The van der Waals surface area contributed by atoms with Gasteiger partial charge in [-0.25, -0.2) is 0 Å². The van der Waals surface area contributed by atoms with Gasteiger partial charge >= 0.3 is 76.1 Å². The van der Waals surface area contributed by atoms with Crippen molar-refractivity contribution in [2.45, 2.75) is 0 Å². The maximum absolute atomic E-state index is 11.2. The Balaban J connectivity index is 2.91. The summed E-state index contributed by atoms with van der Waals surface area (Å²) < 4.78 is 0. The first-order chi connectivity index (χ1) is 5.16. The van der Waals surface area contributed by atoms with Gasteiger partial charge in [-0.15, -0.1) is 0 Å². The van der Waals surface area contributed by atoms with Crippen LogP contribution in [0.5, 0.6) is 0 Å². The number of hydrogen-bond acceptors (Lipinski definition) is 2. The van der Waals surface area contributed by atoms with Crippen LogP contribution in [-0.2, 0) is 4.79 Å². The molecule has 0 aromatic carbocycles. The molecule has 0 radical (unpaired) electrons. The molecule has 0 unspecified atom stereocenters. The molecule has 1 fully saturated rings. The standard InChI is InChI=1S/C5H5N2OS.CH2.Al/c1-3-4(8)7(2)5(9)6-3;;/h1H,2H3,(H,6,9);1H2;. The maximum atomic E-state index is 11.2. The van der Waals surface area contributed by atoms with Gasteiger partial charge in [0, 0.05) is 0 Å². The molecule has 1 N–H and O–H groups in total. The van der Waals surface area contributed by atoms with Crippen LogP contribution in [0.1, 0.15) is 0 Å². The van der Waals surface area contributed by atoms with Gasteiger partial charge in [-0.05, 0) is 0 Å². The summed E-state index contributed by atoms with van der Waals surface area (Å²) in [5.74, 6) is -0.0637. The molecule has 5 heteroatoms. The fraction of sp³-hybridized carbons (Fsp3) is 0.167. The monoisotopic (exact) mass is 182 g/mol. The van der Waals surface area contributed by atoms with Crippen molar-refractivity contribution in [3.8, 4) is 0 Å². The molecule has 1 rings (SSSR count). The number of thiocarbonyl (C=S) groups is 1. The Bertz CT molecular complexity index is 261. The van der Waals surface area contributed by atoms with Gasteiger partial charge < -0.3 is 0 Å². The first-order valence-corrected chi connectivity index (χ1v) is 4.97. The SMILES string of the molecule is [CH2]=[Al]/[CH]=C1\NC(=S)N(C)C1=O. The Labute approximate surface area is 76.3 Å². The molecule has 1 amide bonds. The zero-order chi connectivity index (χ0) is 8.43. The fourth-order valence-electron chi connectivity index (χ4n) is 0.756. The molecule has 11 heavy (non-hydrogen) atoms. The van der Waals surface area contributed by atoms with Crippen molar-refractivity contribution in [1.82, 2.24) is 10.2 Å². The quantitative estimate of drug-likeness (QED) is 0.331. The van der Waals surface area contributed by atoms with E-state index in [0.717, 1.165) is 0 Å². The molecule has 0 saturated carbocycles. The minimum atomic E-state index is -0.0637. The number of nitrogens with zero attached hydrogens (tertiary/aromatic N) is 1. The summed E-state index contributed by atoms with van der Waals surface area (Å²) in [5.41, 5.74) is 0.572. The predicted molar refractivity (Wildman–Crippen MR) is 49.5 cm³/mol. The second kappa shape index (κ2) is 3.27. The minimum absolute atomic E-state index is 0.0494. The van der Waals surface area contributed by atoms with Crippen LogP contribution in [0.2, 0.25) is 0 Å². The third-order valence-electron chi connectivity index (χ3n) is 1.37. The summed E-state index contributed by atoms with van der Waals surface area (Å²) in [6.07, 6.45) is 0. The molecular weight excluding hydrogens is 175 g/mol. The molecular formula is C6H7AlN2OS. The molecule has 1 saturated heterocycles. The van der Waals surface area contributed by atoms with Crippen LogP contribution < -0.4 is 5.32 Å². The number of carbonyl (C=O) groups excluding carboxylic acids is 1. The topological polar surface area (TPSA) is 32.3 Å². The van der Waals surface area contributed by atoms with Gasteiger partial charge in [-0.2, -0.15) is 0 Å². The summed E-state index contributed by atoms with van der Waals surface area (Å²) in [6, 6.07) is 0. The van der Waals surface area contributed by atoms with Crippen LogP contribution in [0.4, 0.5) is 0 Å². The van der Waals surface area contributed by atoms with E-state index in [4.69, 9.17) is 12.2 Å². The van der Waals surface area contributed by atoms with E-state index in [1.807, 2.05) is 0 Å². The Morgan fingerprint density at radius 3 is 2.82 bits per heavy atom. The Hall–Kier alpha value is -0.498. The second-order valence-electron chi connectivity index (χ2n) is 2.11. The summed E-state index contributed by atoms with van der Waals surface area (Å²) in [6.45, 7) is 0. The number of rotatable bonds is 1. The van der Waals surface area contributed by atoms with Gasteiger partial charge in [0.15, 0.2) is 0 Å². The molecule has 0 atom stereocenters. The number of hydrogen-bond donors (Lipinski definition) is 1. The van der Waals surface area contributed by atoms with E-state index in [0.29, 0.717) is 10.8 Å². The van der Waals surface area contributed by atoms with Crippen molar-refractivity contribution in [3.05, 3.63) is 10.6 Å². The van der Waals surface area contributed by atoms with Crippen LogP contribution in [-0.4, -0.2) is 43.1 Å². The first-order valence-electron chi connectivity index (χ1n) is 3.08. The molecule has 0 spiro atoms. The van der Waals surface area contributed by atoms with Crippen LogP contribution in [0.3, 0.4) is 0 Å². The van der Waals surface area contributed by atoms with Gasteiger partial charge in [0.25, 0.3) is 0 Å². The summed E-state index contributed by atoms with van der Waals surface area (Å²) >= 11 is 4.80.